The van der Waals surface area contributed by atoms with Crippen molar-refractivity contribution in [1.82, 2.24) is 4.90 Å². The number of carbonyl (C=O) groups is 1. The summed E-state index contributed by atoms with van der Waals surface area (Å²) < 4.78 is 30.4. The summed E-state index contributed by atoms with van der Waals surface area (Å²) in [6.45, 7) is 2.76. The maximum absolute atomic E-state index is 12.7. The number of rotatable bonds is 4. The van der Waals surface area contributed by atoms with E-state index in [2.05, 4.69) is 6.92 Å². The van der Waals surface area contributed by atoms with Crippen LogP contribution in [-0.4, -0.2) is 36.8 Å². The van der Waals surface area contributed by atoms with E-state index in [0.29, 0.717) is 25.3 Å². The molecule has 2 unspecified atom stereocenters. The van der Waals surface area contributed by atoms with Crippen molar-refractivity contribution in [3.05, 3.63) is 24.2 Å². The van der Waals surface area contributed by atoms with Crippen LogP contribution < -0.4 is 0 Å². The SMILES string of the molecule is CC1CCN(C(=O)CS(=O)(=O)C2CCCC2)C(c2ccco2)C1. The predicted molar refractivity (Wildman–Crippen MR) is 87.6 cm³/mol. The summed E-state index contributed by atoms with van der Waals surface area (Å²) in [5.41, 5.74) is 0. The largest absolute Gasteiger partial charge is 0.467 e. The quantitative estimate of drug-likeness (QED) is 0.846. The lowest BCUT2D eigenvalue weighted by Crippen LogP contribution is -2.44. The van der Waals surface area contributed by atoms with E-state index in [1.807, 2.05) is 12.1 Å². The van der Waals surface area contributed by atoms with Gasteiger partial charge in [-0.2, -0.15) is 0 Å². The molecule has 0 N–H and O–H groups in total. The van der Waals surface area contributed by atoms with Crippen molar-refractivity contribution in [1.29, 1.82) is 0 Å². The van der Waals surface area contributed by atoms with Gasteiger partial charge in [0.1, 0.15) is 11.5 Å². The Bertz CT molecular complexity index is 632. The Labute approximate surface area is 138 Å². The number of amides is 1. The summed E-state index contributed by atoms with van der Waals surface area (Å²) in [6.07, 6.45) is 6.65. The van der Waals surface area contributed by atoms with Crippen LogP contribution in [0.25, 0.3) is 0 Å². The third-order valence-electron chi connectivity index (χ3n) is 5.19. The Morgan fingerprint density at radius 3 is 2.70 bits per heavy atom. The van der Waals surface area contributed by atoms with Gasteiger partial charge in [0.05, 0.1) is 17.6 Å². The number of nitrogens with zero attached hydrogens (tertiary/aromatic N) is 1. The molecular formula is C17H25NO4S. The number of carbonyl (C=O) groups excluding carboxylic acids is 1. The molecule has 23 heavy (non-hydrogen) atoms. The first kappa shape index (κ1) is 16.6. The number of sulfone groups is 1. The lowest BCUT2D eigenvalue weighted by atomic mass is 9.91. The van der Waals surface area contributed by atoms with E-state index in [1.165, 1.54) is 0 Å². The molecule has 0 spiro atoms. The minimum Gasteiger partial charge on any atom is -0.467 e. The highest BCUT2D eigenvalue weighted by atomic mass is 32.2. The molecule has 1 aromatic heterocycles. The number of furan rings is 1. The minimum absolute atomic E-state index is 0.139. The van der Waals surface area contributed by atoms with Crippen LogP contribution in [0.5, 0.6) is 0 Å². The van der Waals surface area contributed by atoms with Crippen LogP contribution in [0.3, 0.4) is 0 Å². The lowest BCUT2D eigenvalue weighted by Gasteiger charge is -2.37. The van der Waals surface area contributed by atoms with Gasteiger partial charge in [0.15, 0.2) is 9.84 Å². The zero-order valence-electron chi connectivity index (χ0n) is 13.6. The molecule has 1 saturated carbocycles. The topological polar surface area (TPSA) is 67.6 Å². The monoisotopic (exact) mass is 339 g/mol. The lowest BCUT2D eigenvalue weighted by molar-refractivity contribution is -0.133. The normalized spacial score (nSPS) is 26.6. The van der Waals surface area contributed by atoms with Crippen LogP contribution in [-0.2, 0) is 14.6 Å². The first-order chi connectivity index (χ1) is 11.0. The maximum Gasteiger partial charge on any atom is 0.238 e. The highest BCUT2D eigenvalue weighted by Crippen LogP contribution is 2.35. The Kier molecular flexibility index (Phi) is 4.80. The fourth-order valence-corrected chi connectivity index (χ4v) is 5.61. The molecule has 2 fully saturated rings. The molecule has 2 aliphatic rings. The van der Waals surface area contributed by atoms with Crippen molar-refractivity contribution in [3.63, 3.8) is 0 Å². The molecule has 128 valence electrons. The van der Waals surface area contributed by atoms with E-state index in [0.717, 1.165) is 31.4 Å². The summed E-state index contributed by atoms with van der Waals surface area (Å²) in [4.78, 5) is 14.4. The molecule has 0 radical (unpaired) electrons. The van der Waals surface area contributed by atoms with E-state index < -0.39 is 9.84 Å². The second kappa shape index (κ2) is 6.67. The minimum atomic E-state index is -3.34. The maximum atomic E-state index is 12.7. The van der Waals surface area contributed by atoms with E-state index in [-0.39, 0.29) is 23.0 Å². The molecule has 3 rings (SSSR count). The standard InChI is InChI=1S/C17H25NO4S/c1-13-8-9-18(15(11-13)16-7-4-10-22-16)17(19)12-23(20,21)14-5-2-3-6-14/h4,7,10,13-15H,2-3,5-6,8-9,11-12H2,1H3. The number of piperidine rings is 1. The van der Waals surface area contributed by atoms with E-state index in [9.17, 15) is 13.2 Å². The number of hydrogen-bond donors (Lipinski definition) is 0. The van der Waals surface area contributed by atoms with Gasteiger partial charge in [0, 0.05) is 6.54 Å². The van der Waals surface area contributed by atoms with Gasteiger partial charge in [-0.25, -0.2) is 8.42 Å². The smallest absolute Gasteiger partial charge is 0.238 e. The summed E-state index contributed by atoms with van der Waals surface area (Å²) >= 11 is 0. The molecule has 0 bridgehead atoms. The third-order valence-corrected chi connectivity index (χ3v) is 7.33. The fraction of sp³-hybridized carbons (Fsp3) is 0.706. The van der Waals surface area contributed by atoms with Crippen molar-refractivity contribution < 1.29 is 17.6 Å². The molecule has 5 nitrogen and oxygen atoms in total. The Morgan fingerprint density at radius 1 is 1.30 bits per heavy atom. The van der Waals surface area contributed by atoms with Crippen molar-refractivity contribution >= 4 is 15.7 Å². The molecule has 1 saturated heterocycles. The van der Waals surface area contributed by atoms with Crippen molar-refractivity contribution in [2.45, 2.75) is 56.7 Å². The predicted octanol–water partition coefficient (Wildman–Crippen LogP) is 2.94. The van der Waals surface area contributed by atoms with Crippen molar-refractivity contribution in [2.75, 3.05) is 12.3 Å². The highest BCUT2D eigenvalue weighted by molar-refractivity contribution is 7.92. The van der Waals surface area contributed by atoms with Gasteiger partial charge in [-0.3, -0.25) is 4.79 Å². The van der Waals surface area contributed by atoms with Crippen molar-refractivity contribution in [3.8, 4) is 0 Å². The summed E-state index contributed by atoms with van der Waals surface area (Å²) in [6, 6.07) is 3.54. The average molecular weight is 339 g/mol. The molecular weight excluding hydrogens is 314 g/mol. The van der Waals surface area contributed by atoms with E-state index in [1.54, 1.807) is 11.2 Å². The van der Waals surface area contributed by atoms with Gasteiger partial charge >= 0.3 is 0 Å². The van der Waals surface area contributed by atoms with Gasteiger partial charge in [-0.15, -0.1) is 0 Å². The van der Waals surface area contributed by atoms with E-state index >= 15 is 0 Å². The van der Waals surface area contributed by atoms with Crippen LogP contribution in [0.4, 0.5) is 0 Å². The van der Waals surface area contributed by atoms with Gasteiger partial charge in [-0.1, -0.05) is 19.8 Å². The zero-order valence-corrected chi connectivity index (χ0v) is 14.4. The third kappa shape index (κ3) is 3.62. The molecule has 1 aromatic rings. The second-order valence-electron chi connectivity index (χ2n) is 6.96. The van der Waals surface area contributed by atoms with Crippen LogP contribution in [0.15, 0.2) is 22.8 Å². The highest BCUT2D eigenvalue weighted by Gasteiger charge is 2.37. The van der Waals surface area contributed by atoms with Gasteiger partial charge < -0.3 is 9.32 Å². The van der Waals surface area contributed by atoms with Crippen LogP contribution in [0.1, 0.15) is 57.3 Å². The van der Waals surface area contributed by atoms with Gasteiger partial charge in [0.2, 0.25) is 5.91 Å². The molecule has 1 aliphatic heterocycles. The number of hydrogen-bond acceptors (Lipinski definition) is 4. The fourth-order valence-electron chi connectivity index (χ4n) is 3.81. The average Bonchev–Trinajstić information content (AvgIpc) is 3.20. The summed E-state index contributed by atoms with van der Waals surface area (Å²) in [5.74, 6) is 0.623. The number of likely N-dealkylation sites (tertiary alicyclic amines) is 1. The van der Waals surface area contributed by atoms with Gasteiger partial charge in [-0.05, 0) is 43.7 Å². The molecule has 1 amide bonds. The first-order valence-corrected chi connectivity index (χ1v) is 10.2. The molecule has 2 atom stereocenters. The summed E-state index contributed by atoms with van der Waals surface area (Å²) in [7, 11) is -3.34. The van der Waals surface area contributed by atoms with Crippen LogP contribution in [0, 0.1) is 5.92 Å². The summed E-state index contributed by atoms with van der Waals surface area (Å²) in [5, 5.41) is -0.322. The van der Waals surface area contributed by atoms with Crippen LogP contribution in [0.2, 0.25) is 0 Å². The molecule has 1 aliphatic carbocycles. The van der Waals surface area contributed by atoms with E-state index in [4.69, 9.17) is 4.42 Å². The molecule has 0 aromatic carbocycles. The first-order valence-electron chi connectivity index (χ1n) is 8.52. The Morgan fingerprint density at radius 2 is 2.04 bits per heavy atom. The molecule has 6 heteroatoms. The Hall–Kier alpha value is -1.30. The molecule has 2 heterocycles. The van der Waals surface area contributed by atoms with Gasteiger partial charge in [0.25, 0.3) is 0 Å². The van der Waals surface area contributed by atoms with Crippen LogP contribution >= 0.6 is 0 Å². The second-order valence-corrected chi connectivity index (χ2v) is 9.24. The zero-order chi connectivity index (χ0) is 16.4. The Balaban J connectivity index is 1.74. The van der Waals surface area contributed by atoms with Crippen molar-refractivity contribution in [2.24, 2.45) is 5.92 Å².